The zero-order chi connectivity index (χ0) is 27.8. The first-order chi connectivity index (χ1) is 18.7. The third-order valence-corrected chi connectivity index (χ3v) is 6.74. The average Bonchev–Trinajstić information content (AvgIpc) is 3.46. The molecule has 2 N–H and O–H groups in total. The van der Waals surface area contributed by atoms with Crippen molar-refractivity contribution in [3.63, 3.8) is 0 Å². The number of ketones is 1. The largest absolute Gasteiger partial charge is 0.507 e. The van der Waals surface area contributed by atoms with Gasteiger partial charge in [0.25, 0.3) is 5.78 Å². The molecule has 4 aromatic rings. The number of benzene rings is 3. The van der Waals surface area contributed by atoms with Gasteiger partial charge in [-0.1, -0.05) is 38.1 Å². The number of aliphatic hydroxyl groups is 1. The first kappa shape index (κ1) is 26.0. The van der Waals surface area contributed by atoms with Crippen LogP contribution in [0.3, 0.4) is 0 Å². The average molecular weight is 526 g/mol. The molecule has 0 aliphatic carbocycles. The van der Waals surface area contributed by atoms with Crippen molar-refractivity contribution in [3.05, 3.63) is 89.0 Å². The van der Waals surface area contributed by atoms with Gasteiger partial charge in [0.2, 0.25) is 5.95 Å². The minimum Gasteiger partial charge on any atom is -0.507 e. The molecule has 1 aromatic heterocycles. The second-order valence-electron chi connectivity index (χ2n) is 10.1. The minimum absolute atomic E-state index is 0.0118. The van der Waals surface area contributed by atoms with Gasteiger partial charge < -0.3 is 19.6 Å². The van der Waals surface area contributed by atoms with E-state index < -0.39 is 17.7 Å². The fraction of sp³-hybridized carbons (Fsp3) is 0.258. The molecule has 1 fully saturated rings. The third-order valence-electron chi connectivity index (χ3n) is 6.74. The van der Waals surface area contributed by atoms with Crippen LogP contribution in [0.1, 0.15) is 56.3 Å². The number of fused-ring (bicyclic) bond motifs is 1. The van der Waals surface area contributed by atoms with E-state index >= 15 is 0 Å². The number of aromatic amines is 1. The molecule has 200 valence electrons. The lowest BCUT2D eigenvalue weighted by molar-refractivity contribution is -0.132. The summed E-state index contributed by atoms with van der Waals surface area (Å²) in [5, 5.41) is 11.6. The number of nitrogens with one attached hydrogen (secondary N) is 1. The van der Waals surface area contributed by atoms with Crippen LogP contribution in [0, 0.1) is 0 Å². The molecule has 1 aliphatic rings. The lowest BCUT2D eigenvalue weighted by Gasteiger charge is -2.23. The van der Waals surface area contributed by atoms with Crippen LogP contribution in [0.2, 0.25) is 0 Å². The van der Waals surface area contributed by atoms with E-state index in [4.69, 9.17) is 9.47 Å². The van der Waals surface area contributed by atoms with Gasteiger partial charge in [-0.15, -0.1) is 0 Å². The number of Topliss-reactive ketones (excluding diaryl/α,β-unsaturated/α-hetero) is 1. The first-order valence-electron chi connectivity index (χ1n) is 12.9. The lowest BCUT2D eigenvalue weighted by atomic mass is 9.93. The highest BCUT2D eigenvalue weighted by atomic mass is 16.5. The molecule has 1 amide bonds. The standard InChI is InChI=1S/C31H31N3O5/c1-17(2)22-16-20(12-15-25(22)38-5)28(35)26-27(19-10-13-21(14-11-19)39-18(3)4)34(30(37)29(26)36)31-32-23-8-6-7-9-24(23)33-31/h6-18,27,35H,1-5H3,(H,32,33)/b28-26+. The molecule has 8 heteroatoms. The third kappa shape index (κ3) is 4.74. The number of rotatable bonds is 7. The van der Waals surface area contributed by atoms with Crippen molar-refractivity contribution in [2.24, 2.45) is 0 Å². The summed E-state index contributed by atoms with van der Waals surface area (Å²) in [6.45, 7) is 7.90. The molecule has 8 nitrogen and oxygen atoms in total. The summed E-state index contributed by atoms with van der Waals surface area (Å²) < 4.78 is 11.3. The van der Waals surface area contributed by atoms with Crippen LogP contribution in [0.15, 0.2) is 72.3 Å². The number of anilines is 1. The van der Waals surface area contributed by atoms with Gasteiger partial charge in [0.1, 0.15) is 17.3 Å². The Bertz CT molecular complexity index is 1550. The van der Waals surface area contributed by atoms with Crippen LogP contribution in [-0.4, -0.2) is 40.0 Å². The number of nitrogens with zero attached hydrogens (tertiary/aromatic N) is 2. The predicted molar refractivity (Wildman–Crippen MR) is 150 cm³/mol. The number of methoxy groups -OCH3 is 1. The van der Waals surface area contributed by atoms with E-state index in [2.05, 4.69) is 9.97 Å². The second-order valence-corrected chi connectivity index (χ2v) is 10.1. The quantitative estimate of drug-likeness (QED) is 0.171. The van der Waals surface area contributed by atoms with Gasteiger partial charge in [-0.2, -0.15) is 0 Å². The molecule has 1 atom stereocenters. The Kier molecular flexibility index (Phi) is 6.87. The molecule has 5 rings (SSSR count). The van der Waals surface area contributed by atoms with Crippen LogP contribution >= 0.6 is 0 Å². The molecule has 2 heterocycles. The zero-order valence-electron chi connectivity index (χ0n) is 22.6. The van der Waals surface area contributed by atoms with Crippen LogP contribution in [0.4, 0.5) is 5.95 Å². The Hall–Kier alpha value is -4.59. The summed E-state index contributed by atoms with van der Waals surface area (Å²) in [5.41, 5.74) is 3.30. The molecule has 0 bridgehead atoms. The monoisotopic (exact) mass is 525 g/mol. The molecule has 0 radical (unpaired) electrons. The van der Waals surface area contributed by atoms with Crippen LogP contribution in [0.5, 0.6) is 11.5 Å². The van der Waals surface area contributed by atoms with Crippen LogP contribution < -0.4 is 14.4 Å². The number of hydrogen-bond acceptors (Lipinski definition) is 6. The highest BCUT2D eigenvalue weighted by molar-refractivity contribution is 6.51. The molecule has 1 unspecified atom stereocenters. The van der Waals surface area contributed by atoms with Gasteiger partial charge in [0.05, 0.1) is 35.9 Å². The Balaban J connectivity index is 1.69. The lowest BCUT2D eigenvalue weighted by Crippen LogP contribution is -2.30. The number of para-hydroxylation sites is 2. The Morgan fingerprint density at radius 2 is 1.72 bits per heavy atom. The number of amides is 1. The molecule has 1 aliphatic heterocycles. The Morgan fingerprint density at radius 1 is 1.00 bits per heavy atom. The minimum atomic E-state index is -0.914. The van der Waals surface area contributed by atoms with Gasteiger partial charge >= 0.3 is 5.91 Å². The molecular formula is C31H31N3O5. The van der Waals surface area contributed by atoms with Crippen molar-refractivity contribution in [2.75, 3.05) is 12.0 Å². The predicted octanol–water partition coefficient (Wildman–Crippen LogP) is 6.11. The van der Waals surface area contributed by atoms with E-state index in [1.807, 2.05) is 52.0 Å². The van der Waals surface area contributed by atoms with Crippen LogP contribution in [-0.2, 0) is 9.59 Å². The second kappa shape index (κ2) is 10.3. The number of H-pyrrole nitrogens is 1. The number of aliphatic hydroxyl groups excluding tert-OH is 1. The van der Waals surface area contributed by atoms with Gasteiger partial charge in [-0.3, -0.25) is 14.5 Å². The molecular weight excluding hydrogens is 494 g/mol. The number of hydrogen-bond donors (Lipinski definition) is 2. The maximum absolute atomic E-state index is 13.6. The van der Waals surface area contributed by atoms with E-state index in [9.17, 15) is 14.7 Å². The summed E-state index contributed by atoms with van der Waals surface area (Å²) in [7, 11) is 1.59. The normalized spacial score (nSPS) is 17.0. The maximum atomic E-state index is 13.6. The number of imidazole rings is 1. The summed E-state index contributed by atoms with van der Waals surface area (Å²) in [4.78, 5) is 36.2. The fourth-order valence-electron chi connectivity index (χ4n) is 4.91. The topological polar surface area (TPSA) is 105 Å². The van der Waals surface area contributed by atoms with Crippen molar-refractivity contribution in [1.82, 2.24) is 9.97 Å². The summed E-state index contributed by atoms with van der Waals surface area (Å²) >= 11 is 0. The summed E-state index contributed by atoms with van der Waals surface area (Å²) in [5.74, 6) is -0.155. The van der Waals surface area contributed by atoms with Crippen molar-refractivity contribution in [1.29, 1.82) is 0 Å². The maximum Gasteiger partial charge on any atom is 0.302 e. The van der Waals surface area contributed by atoms with Crippen molar-refractivity contribution < 1.29 is 24.2 Å². The SMILES string of the molecule is COc1ccc(/C(O)=C2\C(=O)C(=O)N(c3nc4ccccc4[nH]3)C2c2ccc(OC(C)C)cc2)cc1C(C)C. The molecule has 1 saturated heterocycles. The zero-order valence-corrected chi connectivity index (χ0v) is 22.6. The van der Waals surface area contributed by atoms with E-state index in [-0.39, 0.29) is 29.3 Å². The van der Waals surface area contributed by atoms with Crippen LogP contribution in [0.25, 0.3) is 16.8 Å². The van der Waals surface area contributed by atoms with E-state index in [0.717, 1.165) is 11.1 Å². The highest BCUT2D eigenvalue weighted by Crippen LogP contribution is 2.42. The highest BCUT2D eigenvalue weighted by Gasteiger charge is 2.48. The Labute approximate surface area is 226 Å². The number of aromatic nitrogens is 2. The van der Waals surface area contributed by atoms with E-state index in [1.54, 1.807) is 49.6 Å². The summed E-state index contributed by atoms with van der Waals surface area (Å²) in [6, 6.07) is 18.9. The molecule has 3 aromatic carbocycles. The summed E-state index contributed by atoms with van der Waals surface area (Å²) in [6.07, 6.45) is -0.0118. The van der Waals surface area contributed by atoms with Crippen molar-refractivity contribution >= 4 is 34.4 Å². The Morgan fingerprint density at radius 3 is 2.36 bits per heavy atom. The molecule has 39 heavy (non-hydrogen) atoms. The van der Waals surface area contributed by atoms with Crippen molar-refractivity contribution in [2.45, 2.75) is 45.8 Å². The van der Waals surface area contributed by atoms with E-state index in [1.165, 1.54) is 4.90 Å². The molecule has 0 saturated carbocycles. The fourth-order valence-corrected chi connectivity index (χ4v) is 4.91. The van der Waals surface area contributed by atoms with Gasteiger partial charge in [-0.25, -0.2) is 4.98 Å². The van der Waals surface area contributed by atoms with Gasteiger partial charge in [0.15, 0.2) is 0 Å². The number of ether oxygens (including phenoxy) is 2. The van der Waals surface area contributed by atoms with Gasteiger partial charge in [-0.05, 0) is 73.4 Å². The van der Waals surface area contributed by atoms with E-state index in [0.29, 0.717) is 28.1 Å². The molecule has 0 spiro atoms. The van der Waals surface area contributed by atoms with Crippen molar-refractivity contribution in [3.8, 4) is 11.5 Å². The first-order valence-corrected chi connectivity index (χ1v) is 12.9. The number of carbonyl (C=O) groups is 2. The van der Waals surface area contributed by atoms with Gasteiger partial charge in [0, 0.05) is 5.56 Å². The number of carbonyl (C=O) groups excluding carboxylic acids is 2. The smallest absolute Gasteiger partial charge is 0.302 e.